The van der Waals surface area contributed by atoms with Crippen molar-refractivity contribution in [1.29, 1.82) is 0 Å². The number of aliphatic hydroxyl groups is 6. The molecule has 0 heterocycles. The van der Waals surface area contributed by atoms with E-state index in [9.17, 15) is 0 Å². The van der Waals surface area contributed by atoms with Gasteiger partial charge in [0, 0.05) is 6.61 Å². The summed E-state index contributed by atoms with van der Waals surface area (Å²) >= 11 is 0. The van der Waals surface area contributed by atoms with Crippen molar-refractivity contribution in [3.05, 3.63) is 0 Å². The van der Waals surface area contributed by atoms with E-state index >= 15 is 0 Å². The maximum Gasteiger partial charge on any atom is 0.110 e. The Morgan fingerprint density at radius 2 is 1.08 bits per heavy atom. The second-order valence-electron chi connectivity index (χ2n) is 2.31. The van der Waals surface area contributed by atoms with Gasteiger partial charge in [0.1, 0.15) is 18.3 Å². The first-order valence-electron chi connectivity index (χ1n) is 3.91. The molecular formula is C7H18O6. The standard InChI is InChI=1S/C5H12O5.C2H6O/c6-1-3(8)5(10)4(9)2-7;1-2-3/h3-10H,1-2H2;3H,2H2,1H3/t3-,4+,5-;. The van der Waals surface area contributed by atoms with Crippen molar-refractivity contribution >= 4 is 0 Å². The Kier molecular flexibility index (Phi) is 11.5. The highest BCUT2D eigenvalue weighted by Crippen LogP contribution is 1.97. The SMILES string of the molecule is CCO.OC[C@@H](O)[C@@H](O)[C@@H](O)CO. The first-order valence-corrected chi connectivity index (χ1v) is 3.91. The topological polar surface area (TPSA) is 121 Å². The number of aliphatic hydroxyl groups excluding tert-OH is 6. The molecule has 0 rings (SSSR count). The summed E-state index contributed by atoms with van der Waals surface area (Å²) in [5.74, 6) is 0. The normalized spacial score (nSPS) is 16.8. The fourth-order valence-corrected chi connectivity index (χ4v) is 0.472. The van der Waals surface area contributed by atoms with E-state index < -0.39 is 31.5 Å². The van der Waals surface area contributed by atoms with E-state index in [-0.39, 0.29) is 6.61 Å². The van der Waals surface area contributed by atoms with Crippen molar-refractivity contribution in [3.8, 4) is 0 Å². The molecule has 82 valence electrons. The third kappa shape index (κ3) is 8.10. The molecule has 0 bridgehead atoms. The molecule has 3 atom stereocenters. The van der Waals surface area contributed by atoms with Gasteiger partial charge < -0.3 is 30.6 Å². The van der Waals surface area contributed by atoms with Gasteiger partial charge in [0.05, 0.1) is 13.2 Å². The predicted octanol–water partition coefficient (Wildman–Crippen LogP) is -2.95. The van der Waals surface area contributed by atoms with E-state index in [2.05, 4.69) is 0 Å². The molecule has 6 nitrogen and oxygen atoms in total. The first-order chi connectivity index (χ1) is 6.04. The van der Waals surface area contributed by atoms with Crippen LogP contribution >= 0.6 is 0 Å². The maximum absolute atomic E-state index is 8.77. The van der Waals surface area contributed by atoms with Crippen LogP contribution in [0.3, 0.4) is 0 Å². The second kappa shape index (κ2) is 9.85. The molecule has 0 fully saturated rings. The maximum atomic E-state index is 8.77. The zero-order valence-corrected chi connectivity index (χ0v) is 7.54. The third-order valence-corrected chi connectivity index (χ3v) is 1.16. The monoisotopic (exact) mass is 198 g/mol. The minimum Gasteiger partial charge on any atom is -0.397 e. The Labute approximate surface area is 76.7 Å². The second-order valence-corrected chi connectivity index (χ2v) is 2.31. The van der Waals surface area contributed by atoms with Crippen molar-refractivity contribution in [2.75, 3.05) is 19.8 Å². The van der Waals surface area contributed by atoms with Gasteiger partial charge in [0.2, 0.25) is 0 Å². The summed E-state index contributed by atoms with van der Waals surface area (Å²) in [5, 5.41) is 50.1. The molecule has 6 heteroatoms. The molecule has 0 aliphatic heterocycles. The Bertz CT molecular complexity index is 89.0. The molecule has 0 saturated heterocycles. The van der Waals surface area contributed by atoms with Gasteiger partial charge in [-0.15, -0.1) is 0 Å². The Hall–Kier alpha value is -0.240. The predicted molar refractivity (Wildman–Crippen MR) is 45.0 cm³/mol. The summed E-state index contributed by atoms with van der Waals surface area (Å²) < 4.78 is 0. The van der Waals surface area contributed by atoms with Gasteiger partial charge in [-0.1, -0.05) is 0 Å². The van der Waals surface area contributed by atoms with E-state index in [0.717, 1.165) is 0 Å². The van der Waals surface area contributed by atoms with Gasteiger partial charge in [-0.2, -0.15) is 0 Å². The molecule has 0 radical (unpaired) electrons. The average molecular weight is 198 g/mol. The van der Waals surface area contributed by atoms with E-state index in [1.54, 1.807) is 6.92 Å². The number of rotatable bonds is 4. The molecule has 0 amide bonds. The lowest BCUT2D eigenvalue weighted by Crippen LogP contribution is -2.41. The van der Waals surface area contributed by atoms with Gasteiger partial charge in [-0.3, -0.25) is 0 Å². The van der Waals surface area contributed by atoms with E-state index in [0.29, 0.717) is 0 Å². The van der Waals surface area contributed by atoms with Crippen LogP contribution < -0.4 is 0 Å². The number of hydrogen-bond acceptors (Lipinski definition) is 6. The fourth-order valence-electron chi connectivity index (χ4n) is 0.472. The largest absolute Gasteiger partial charge is 0.397 e. The Morgan fingerprint density at radius 1 is 0.846 bits per heavy atom. The summed E-state index contributed by atoms with van der Waals surface area (Å²) in [5.41, 5.74) is 0. The molecule has 13 heavy (non-hydrogen) atoms. The lowest BCUT2D eigenvalue weighted by Gasteiger charge is -2.19. The van der Waals surface area contributed by atoms with Crippen molar-refractivity contribution in [2.45, 2.75) is 25.2 Å². The van der Waals surface area contributed by atoms with Crippen LogP contribution in [0.5, 0.6) is 0 Å². The summed E-state index contributed by atoms with van der Waals surface area (Å²) in [6, 6.07) is 0. The summed E-state index contributed by atoms with van der Waals surface area (Å²) in [6.07, 6.45) is -4.29. The van der Waals surface area contributed by atoms with E-state index in [4.69, 9.17) is 30.6 Å². The van der Waals surface area contributed by atoms with Crippen LogP contribution in [-0.4, -0.2) is 68.8 Å². The summed E-state index contributed by atoms with van der Waals surface area (Å²) in [7, 11) is 0. The minimum absolute atomic E-state index is 0.250. The smallest absolute Gasteiger partial charge is 0.110 e. The van der Waals surface area contributed by atoms with Crippen LogP contribution in [0.2, 0.25) is 0 Å². The molecule has 0 aromatic carbocycles. The molecule has 0 aromatic heterocycles. The highest BCUT2D eigenvalue weighted by Gasteiger charge is 2.22. The van der Waals surface area contributed by atoms with Crippen molar-refractivity contribution < 1.29 is 30.6 Å². The van der Waals surface area contributed by atoms with Gasteiger partial charge >= 0.3 is 0 Å². The number of hydrogen-bond donors (Lipinski definition) is 6. The first kappa shape index (κ1) is 15.2. The third-order valence-electron chi connectivity index (χ3n) is 1.16. The Morgan fingerprint density at radius 3 is 1.23 bits per heavy atom. The van der Waals surface area contributed by atoms with E-state index in [1.165, 1.54) is 0 Å². The molecule has 0 aliphatic rings. The van der Waals surface area contributed by atoms with Gasteiger partial charge in [-0.05, 0) is 6.92 Å². The molecular weight excluding hydrogens is 180 g/mol. The van der Waals surface area contributed by atoms with E-state index in [1.807, 2.05) is 0 Å². The zero-order chi connectivity index (χ0) is 10.9. The van der Waals surface area contributed by atoms with Crippen LogP contribution in [0, 0.1) is 0 Å². The molecule has 6 N–H and O–H groups in total. The van der Waals surface area contributed by atoms with Crippen molar-refractivity contribution in [2.24, 2.45) is 0 Å². The van der Waals surface area contributed by atoms with Crippen molar-refractivity contribution in [1.82, 2.24) is 0 Å². The van der Waals surface area contributed by atoms with Gasteiger partial charge in [-0.25, -0.2) is 0 Å². The lowest BCUT2D eigenvalue weighted by molar-refractivity contribution is -0.0900. The van der Waals surface area contributed by atoms with Crippen molar-refractivity contribution in [3.63, 3.8) is 0 Å². The lowest BCUT2D eigenvalue weighted by atomic mass is 10.1. The molecule has 0 aromatic rings. The van der Waals surface area contributed by atoms with Gasteiger partial charge in [0.15, 0.2) is 0 Å². The summed E-state index contributed by atoms with van der Waals surface area (Å²) in [6.45, 7) is 0.649. The van der Waals surface area contributed by atoms with Crippen LogP contribution in [0.4, 0.5) is 0 Å². The van der Waals surface area contributed by atoms with Crippen LogP contribution in [-0.2, 0) is 0 Å². The van der Waals surface area contributed by atoms with Crippen LogP contribution in [0.25, 0.3) is 0 Å². The average Bonchev–Trinajstić information content (AvgIpc) is 2.15. The molecule has 0 aliphatic carbocycles. The Balaban J connectivity index is 0. The zero-order valence-electron chi connectivity index (χ0n) is 7.54. The molecule has 0 spiro atoms. The quantitative estimate of drug-likeness (QED) is 0.287. The van der Waals surface area contributed by atoms with Crippen LogP contribution in [0.1, 0.15) is 6.92 Å². The highest BCUT2D eigenvalue weighted by atomic mass is 16.4. The van der Waals surface area contributed by atoms with Crippen LogP contribution in [0.15, 0.2) is 0 Å². The fraction of sp³-hybridized carbons (Fsp3) is 1.00. The highest BCUT2D eigenvalue weighted by molar-refractivity contribution is 4.73. The molecule has 0 unspecified atom stereocenters. The summed E-state index contributed by atoms with van der Waals surface area (Å²) in [4.78, 5) is 0. The van der Waals surface area contributed by atoms with Gasteiger partial charge in [0.25, 0.3) is 0 Å². The minimum atomic E-state index is -1.49. The molecule has 0 saturated carbocycles.